The summed E-state index contributed by atoms with van der Waals surface area (Å²) in [6.07, 6.45) is 2.87. The van der Waals surface area contributed by atoms with Gasteiger partial charge in [0.1, 0.15) is 0 Å². The number of ether oxygens (including phenoxy) is 9. The molecule has 4 aromatic rings. The molecule has 2 heterocycles. The monoisotopic (exact) mass is 744 g/mol. The molecule has 0 spiro atoms. The summed E-state index contributed by atoms with van der Waals surface area (Å²) in [6, 6.07) is 13.6. The molecule has 0 aromatic heterocycles. The molecule has 12 nitrogen and oxygen atoms in total. The molecule has 0 radical (unpaired) electrons. The van der Waals surface area contributed by atoms with Crippen LogP contribution < -0.4 is 42.6 Å². The molecule has 0 saturated heterocycles. The molecule has 0 bridgehead atoms. The zero-order valence-corrected chi connectivity index (χ0v) is 33.0. The maximum atomic E-state index is 10.5. The lowest BCUT2D eigenvalue weighted by atomic mass is 9.87. The van der Waals surface area contributed by atoms with Crippen LogP contribution in [0.5, 0.6) is 63.2 Å². The summed E-state index contributed by atoms with van der Waals surface area (Å²) < 4.78 is 53.3. The van der Waals surface area contributed by atoms with Crippen LogP contribution in [0.15, 0.2) is 42.5 Å². The van der Waals surface area contributed by atoms with Gasteiger partial charge in [0, 0.05) is 36.3 Å². The molecule has 2 aliphatic heterocycles. The Labute approximate surface area is 317 Å². The van der Waals surface area contributed by atoms with Crippen LogP contribution >= 0.6 is 0 Å². The normalized spacial score (nSPS) is 16.9. The molecular formula is C42H52N2O10. The smallest absolute Gasteiger partial charge is 0.207 e. The molecule has 2 atom stereocenters. The second kappa shape index (κ2) is 16.4. The molecule has 1 N–H and O–H groups in total. The van der Waals surface area contributed by atoms with Gasteiger partial charge in [-0.25, -0.2) is 0 Å². The van der Waals surface area contributed by atoms with Crippen molar-refractivity contribution in [2.75, 3.05) is 84.1 Å². The van der Waals surface area contributed by atoms with Gasteiger partial charge in [0.05, 0.1) is 56.9 Å². The Morgan fingerprint density at radius 1 is 0.537 bits per heavy atom. The van der Waals surface area contributed by atoms with Gasteiger partial charge in [-0.15, -0.1) is 0 Å². The minimum absolute atomic E-state index is 0.0205. The van der Waals surface area contributed by atoms with Gasteiger partial charge >= 0.3 is 0 Å². The largest absolute Gasteiger partial charge is 0.504 e. The Hall–Kier alpha value is -5.20. The zero-order valence-electron chi connectivity index (χ0n) is 33.0. The van der Waals surface area contributed by atoms with Crippen molar-refractivity contribution in [2.45, 2.75) is 37.8 Å². The summed E-state index contributed by atoms with van der Waals surface area (Å²) in [6.45, 7) is 1.68. The van der Waals surface area contributed by atoms with Crippen LogP contribution in [0, 0.1) is 0 Å². The van der Waals surface area contributed by atoms with E-state index in [1.165, 1.54) is 5.56 Å². The van der Waals surface area contributed by atoms with Gasteiger partial charge < -0.3 is 47.7 Å². The molecule has 0 unspecified atom stereocenters. The van der Waals surface area contributed by atoms with Crippen molar-refractivity contribution in [2.24, 2.45) is 0 Å². The number of phenolic OH excluding ortho intramolecular Hbond substituents is 1. The first-order valence-corrected chi connectivity index (χ1v) is 17.9. The number of hydrogen-bond donors (Lipinski definition) is 1. The Bertz CT molecular complexity index is 1980. The average Bonchev–Trinajstić information content (AvgIpc) is 3.18. The van der Waals surface area contributed by atoms with Gasteiger partial charge in [-0.05, 0) is 98.4 Å². The number of hydrogen-bond acceptors (Lipinski definition) is 12. The predicted octanol–water partition coefficient (Wildman–Crippen LogP) is 6.80. The molecule has 0 saturated carbocycles. The Kier molecular flexibility index (Phi) is 11.7. The summed E-state index contributed by atoms with van der Waals surface area (Å²) in [4.78, 5) is 4.64. The molecule has 6 rings (SSSR count). The fourth-order valence-corrected chi connectivity index (χ4v) is 7.97. The van der Waals surface area contributed by atoms with Crippen molar-refractivity contribution in [1.29, 1.82) is 0 Å². The second-order valence-corrected chi connectivity index (χ2v) is 13.6. The van der Waals surface area contributed by atoms with Crippen LogP contribution in [0.3, 0.4) is 0 Å². The third-order valence-corrected chi connectivity index (χ3v) is 10.8. The van der Waals surface area contributed by atoms with Crippen LogP contribution in [0.1, 0.15) is 45.5 Å². The lowest BCUT2D eigenvalue weighted by molar-refractivity contribution is 0.221. The van der Waals surface area contributed by atoms with Crippen molar-refractivity contribution < 1.29 is 47.7 Å². The van der Waals surface area contributed by atoms with Crippen molar-refractivity contribution in [1.82, 2.24) is 9.80 Å². The molecule has 290 valence electrons. The summed E-state index contributed by atoms with van der Waals surface area (Å²) in [7, 11) is 17.1. The summed E-state index contributed by atoms with van der Waals surface area (Å²) >= 11 is 0. The highest BCUT2D eigenvalue weighted by Crippen LogP contribution is 2.52. The van der Waals surface area contributed by atoms with E-state index in [0.717, 1.165) is 53.7 Å². The van der Waals surface area contributed by atoms with Crippen LogP contribution in [-0.4, -0.2) is 99.0 Å². The number of rotatable bonds is 14. The fraction of sp³-hybridized carbons (Fsp3) is 0.429. The van der Waals surface area contributed by atoms with Crippen molar-refractivity contribution in [3.05, 3.63) is 75.8 Å². The first kappa shape index (κ1) is 38.5. The highest BCUT2D eigenvalue weighted by molar-refractivity contribution is 5.66. The van der Waals surface area contributed by atoms with E-state index in [-0.39, 0.29) is 17.8 Å². The lowest BCUT2D eigenvalue weighted by Crippen LogP contribution is -2.34. The van der Waals surface area contributed by atoms with Gasteiger partial charge in [-0.3, -0.25) is 9.80 Å². The van der Waals surface area contributed by atoms with Crippen molar-refractivity contribution in [3.8, 4) is 63.2 Å². The number of fused-ring (bicyclic) bond motifs is 2. The lowest BCUT2D eigenvalue weighted by Gasteiger charge is -2.36. The minimum Gasteiger partial charge on any atom is -0.504 e. The number of methoxy groups -OCH3 is 8. The van der Waals surface area contributed by atoms with Crippen LogP contribution in [-0.2, 0) is 25.7 Å². The summed E-state index contributed by atoms with van der Waals surface area (Å²) in [5.41, 5.74) is 6.31. The zero-order chi connectivity index (χ0) is 38.7. The Morgan fingerprint density at radius 2 is 1.13 bits per heavy atom. The highest BCUT2D eigenvalue weighted by Gasteiger charge is 2.34. The minimum atomic E-state index is -0.0747. The van der Waals surface area contributed by atoms with Crippen LogP contribution in [0.25, 0.3) is 0 Å². The molecule has 54 heavy (non-hydrogen) atoms. The summed E-state index contributed by atoms with van der Waals surface area (Å²) in [5.74, 6) is 5.38. The second-order valence-electron chi connectivity index (χ2n) is 13.6. The fourth-order valence-electron chi connectivity index (χ4n) is 7.97. The highest BCUT2D eigenvalue weighted by atomic mass is 16.6. The van der Waals surface area contributed by atoms with Gasteiger partial charge in [-0.2, -0.15) is 0 Å². The number of aromatic hydroxyl groups is 1. The third kappa shape index (κ3) is 7.07. The molecule has 2 aliphatic rings. The van der Waals surface area contributed by atoms with Gasteiger partial charge in [0.2, 0.25) is 17.2 Å². The molecule has 0 amide bonds. The first-order chi connectivity index (χ1) is 26.1. The van der Waals surface area contributed by atoms with Crippen LogP contribution in [0.4, 0.5) is 0 Å². The van der Waals surface area contributed by atoms with Crippen molar-refractivity contribution in [3.63, 3.8) is 0 Å². The molecule has 0 fully saturated rings. The van der Waals surface area contributed by atoms with Gasteiger partial charge in [0.15, 0.2) is 46.0 Å². The first-order valence-electron chi connectivity index (χ1n) is 17.9. The van der Waals surface area contributed by atoms with Crippen LogP contribution in [0.2, 0.25) is 0 Å². The molecule has 0 aliphatic carbocycles. The quantitative estimate of drug-likeness (QED) is 0.147. The average molecular weight is 745 g/mol. The molecule has 4 aromatic carbocycles. The van der Waals surface area contributed by atoms with E-state index in [4.69, 9.17) is 42.6 Å². The van der Waals surface area contributed by atoms with Crippen molar-refractivity contribution >= 4 is 0 Å². The number of likely N-dealkylation sites (N-methyl/N-ethyl adjacent to an activating group) is 2. The third-order valence-electron chi connectivity index (χ3n) is 10.8. The topological polar surface area (TPSA) is 110 Å². The van der Waals surface area contributed by atoms with Gasteiger partial charge in [0.25, 0.3) is 0 Å². The SMILES string of the molecule is COc1ccc(C[C@H]2c3cc(Oc4cc(C[C@H]5c6cc(OC)c(OC)c(OC)c6CCN5C)c(OC)c(OC)c4OC)c(OC)cc3CCN2C)cc1O. The Balaban J connectivity index is 1.43. The van der Waals surface area contributed by atoms with E-state index >= 15 is 0 Å². The van der Waals surface area contributed by atoms with Gasteiger partial charge in [-0.1, -0.05) is 6.07 Å². The number of benzene rings is 4. The Morgan fingerprint density at radius 3 is 1.74 bits per heavy atom. The summed E-state index contributed by atoms with van der Waals surface area (Å²) in [5, 5.41) is 10.5. The molecule has 12 heteroatoms. The molecular weight excluding hydrogens is 692 g/mol. The maximum absolute atomic E-state index is 10.5. The number of phenols is 1. The van der Waals surface area contributed by atoms with E-state index in [1.54, 1.807) is 69.0 Å². The maximum Gasteiger partial charge on any atom is 0.207 e. The number of nitrogens with zero attached hydrogens (tertiary/aromatic N) is 2. The van der Waals surface area contributed by atoms with E-state index in [0.29, 0.717) is 70.3 Å². The van der Waals surface area contributed by atoms with E-state index < -0.39 is 0 Å². The van der Waals surface area contributed by atoms with E-state index in [1.807, 2.05) is 18.2 Å². The standard InChI is InChI=1S/C42H52N2O10/c1-43-15-13-25-20-34(47-4)35(22-28(25)30(43)17-24-11-12-33(46-3)32(45)18-24)54-37-21-26(38(49-6)42(53-10)41(37)52-9)19-31-29-23-36(48-5)40(51-8)39(50-7)27(29)14-16-44(31)2/h11-12,18,20-23,30-31,45H,13-17,19H2,1-10H3/t30-,31-/m0/s1. The van der Waals surface area contributed by atoms with E-state index in [9.17, 15) is 5.11 Å². The predicted molar refractivity (Wildman–Crippen MR) is 205 cm³/mol. The van der Waals surface area contributed by atoms with E-state index in [2.05, 4.69) is 36.0 Å².